The number of rotatable bonds is 4. The van der Waals surface area contributed by atoms with Gasteiger partial charge >= 0.3 is 0 Å². The van der Waals surface area contributed by atoms with Gasteiger partial charge in [-0.05, 0) is 97.9 Å². The molecule has 28 heavy (non-hydrogen) atoms. The molecular weight excluding hydrogens is 347 g/mol. The molecule has 146 valence electrons. The third-order valence-corrected chi connectivity index (χ3v) is 7.25. The van der Waals surface area contributed by atoms with Crippen LogP contribution in [-0.2, 0) is 0 Å². The smallest absolute Gasteiger partial charge is 0.126 e. The highest BCUT2D eigenvalue weighted by Gasteiger charge is 2.33. The van der Waals surface area contributed by atoms with Gasteiger partial charge in [-0.2, -0.15) is 0 Å². The van der Waals surface area contributed by atoms with E-state index in [4.69, 9.17) is 0 Å². The van der Waals surface area contributed by atoms with Crippen LogP contribution in [0, 0.1) is 18.7 Å². The molecule has 0 aliphatic heterocycles. The predicted octanol–water partition coefficient (Wildman–Crippen LogP) is 6.74. The zero-order valence-electron chi connectivity index (χ0n) is 16.9. The molecule has 0 N–H and O–H groups in total. The van der Waals surface area contributed by atoms with Crippen LogP contribution < -0.4 is 0 Å². The maximum Gasteiger partial charge on any atom is 0.126 e. The topological polar surface area (TPSA) is 17.3 Å². The Morgan fingerprint density at radius 2 is 1.75 bits per heavy atom. The SMILES string of the molecule is Cc1ccc(C2CCC([C@H](C)c3c(C4CC4)ccc4cncn34)CC2)cc1F. The summed E-state index contributed by atoms with van der Waals surface area (Å²) < 4.78 is 16.3. The molecule has 3 heteroatoms. The van der Waals surface area contributed by atoms with Crippen LogP contribution in [0.3, 0.4) is 0 Å². The Morgan fingerprint density at radius 3 is 2.46 bits per heavy atom. The Kier molecular flexibility index (Phi) is 4.49. The van der Waals surface area contributed by atoms with Gasteiger partial charge in [-0.25, -0.2) is 9.37 Å². The van der Waals surface area contributed by atoms with Crippen molar-refractivity contribution in [2.45, 2.75) is 70.1 Å². The fourth-order valence-corrected chi connectivity index (χ4v) is 5.29. The highest BCUT2D eigenvalue weighted by atomic mass is 19.1. The van der Waals surface area contributed by atoms with E-state index in [2.05, 4.69) is 34.5 Å². The number of hydrogen-bond acceptors (Lipinski definition) is 1. The monoisotopic (exact) mass is 376 g/mol. The molecule has 2 aliphatic rings. The zero-order valence-corrected chi connectivity index (χ0v) is 16.9. The van der Waals surface area contributed by atoms with Gasteiger partial charge in [-0.1, -0.05) is 25.1 Å². The van der Waals surface area contributed by atoms with E-state index in [0.717, 1.165) is 24.3 Å². The second-order valence-corrected chi connectivity index (χ2v) is 9.05. The first-order chi connectivity index (χ1) is 13.6. The average molecular weight is 377 g/mol. The summed E-state index contributed by atoms with van der Waals surface area (Å²) in [7, 11) is 0. The Balaban J connectivity index is 1.37. The van der Waals surface area contributed by atoms with Crippen LogP contribution in [0.5, 0.6) is 0 Å². The second kappa shape index (κ2) is 7.02. The largest absolute Gasteiger partial charge is 0.303 e. The number of imidazole rings is 1. The molecule has 0 unspecified atom stereocenters. The summed E-state index contributed by atoms with van der Waals surface area (Å²) in [5.74, 6) is 2.41. The third kappa shape index (κ3) is 3.15. The first-order valence-electron chi connectivity index (χ1n) is 10.8. The van der Waals surface area contributed by atoms with Gasteiger partial charge < -0.3 is 4.40 Å². The lowest BCUT2D eigenvalue weighted by Crippen LogP contribution is -2.21. The van der Waals surface area contributed by atoms with Crippen molar-refractivity contribution in [3.05, 3.63) is 71.1 Å². The number of benzene rings is 1. The molecule has 2 saturated carbocycles. The summed E-state index contributed by atoms with van der Waals surface area (Å²) in [5.41, 5.74) is 6.16. The Bertz CT molecular complexity index is 993. The van der Waals surface area contributed by atoms with Crippen molar-refractivity contribution in [3.8, 4) is 0 Å². The van der Waals surface area contributed by atoms with Gasteiger partial charge in [-0.15, -0.1) is 0 Å². The summed E-state index contributed by atoms with van der Waals surface area (Å²) in [6.45, 7) is 4.25. The third-order valence-electron chi connectivity index (χ3n) is 7.25. The van der Waals surface area contributed by atoms with E-state index >= 15 is 0 Å². The zero-order chi connectivity index (χ0) is 19.3. The number of nitrogens with zero attached hydrogens (tertiary/aromatic N) is 2. The van der Waals surface area contributed by atoms with E-state index in [1.165, 1.54) is 42.5 Å². The van der Waals surface area contributed by atoms with Crippen LogP contribution in [0.4, 0.5) is 4.39 Å². The lowest BCUT2D eigenvalue weighted by molar-refractivity contribution is 0.286. The minimum Gasteiger partial charge on any atom is -0.303 e. The van der Waals surface area contributed by atoms with Gasteiger partial charge in [0.15, 0.2) is 0 Å². The van der Waals surface area contributed by atoms with Gasteiger partial charge in [0.25, 0.3) is 0 Å². The average Bonchev–Trinajstić information content (AvgIpc) is 3.45. The number of fused-ring (bicyclic) bond motifs is 1. The normalized spacial score (nSPS) is 23.8. The van der Waals surface area contributed by atoms with Crippen molar-refractivity contribution < 1.29 is 4.39 Å². The maximum atomic E-state index is 14.0. The molecule has 0 bridgehead atoms. The first-order valence-corrected chi connectivity index (χ1v) is 10.8. The van der Waals surface area contributed by atoms with Gasteiger partial charge in [0.05, 0.1) is 18.0 Å². The maximum absolute atomic E-state index is 14.0. The van der Waals surface area contributed by atoms with E-state index < -0.39 is 0 Å². The number of aromatic nitrogens is 2. The lowest BCUT2D eigenvalue weighted by atomic mass is 9.72. The summed E-state index contributed by atoms with van der Waals surface area (Å²) in [6, 6.07) is 10.4. The number of aryl methyl sites for hydroxylation is 1. The number of pyridine rings is 1. The van der Waals surface area contributed by atoms with E-state index in [1.807, 2.05) is 25.5 Å². The first kappa shape index (κ1) is 17.9. The number of hydrogen-bond donors (Lipinski definition) is 0. The Hall–Kier alpha value is -2.16. The fraction of sp³-hybridized carbons (Fsp3) is 0.480. The van der Waals surface area contributed by atoms with E-state index in [-0.39, 0.29) is 5.82 Å². The molecule has 5 rings (SSSR count). The van der Waals surface area contributed by atoms with E-state index in [9.17, 15) is 4.39 Å². The van der Waals surface area contributed by atoms with Gasteiger partial charge in [0, 0.05) is 5.69 Å². The fourth-order valence-electron chi connectivity index (χ4n) is 5.29. The van der Waals surface area contributed by atoms with E-state index in [1.54, 1.807) is 11.6 Å². The van der Waals surface area contributed by atoms with Crippen molar-refractivity contribution >= 4 is 5.52 Å². The van der Waals surface area contributed by atoms with Crippen LogP contribution in [0.25, 0.3) is 5.52 Å². The van der Waals surface area contributed by atoms with Crippen molar-refractivity contribution in [1.29, 1.82) is 0 Å². The summed E-state index contributed by atoms with van der Waals surface area (Å²) in [5, 5.41) is 0. The van der Waals surface area contributed by atoms with Crippen LogP contribution >= 0.6 is 0 Å². The molecule has 0 spiro atoms. The Labute approximate surface area is 166 Å². The molecule has 1 aromatic carbocycles. The van der Waals surface area contributed by atoms with Crippen LogP contribution in [-0.4, -0.2) is 9.38 Å². The van der Waals surface area contributed by atoms with Crippen molar-refractivity contribution in [3.63, 3.8) is 0 Å². The molecule has 2 nitrogen and oxygen atoms in total. The Morgan fingerprint density at radius 1 is 1.00 bits per heavy atom. The summed E-state index contributed by atoms with van der Waals surface area (Å²) in [4.78, 5) is 4.40. The van der Waals surface area contributed by atoms with Gasteiger partial charge in [-0.3, -0.25) is 0 Å². The summed E-state index contributed by atoms with van der Waals surface area (Å²) in [6.07, 6.45) is 11.4. The predicted molar refractivity (Wildman–Crippen MR) is 111 cm³/mol. The molecule has 1 atom stereocenters. The molecule has 2 aromatic heterocycles. The molecule has 2 fully saturated rings. The van der Waals surface area contributed by atoms with Crippen molar-refractivity contribution in [1.82, 2.24) is 9.38 Å². The molecule has 3 aromatic rings. The molecule has 2 heterocycles. The van der Waals surface area contributed by atoms with E-state index in [0.29, 0.717) is 17.8 Å². The van der Waals surface area contributed by atoms with Crippen LogP contribution in [0.1, 0.15) is 85.6 Å². The molecule has 0 amide bonds. The quantitative estimate of drug-likeness (QED) is 0.493. The molecule has 0 radical (unpaired) electrons. The van der Waals surface area contributed by atoms with Crippen LogP contribution in [0.15, 0.2) is 42.9 Å². The highest BCUT2D eigenvalue weighted by molar-refractivity contribution is 5.50. The highest BCUT2D eigenvalue weighted by Crippen LogP contribution is 2.47. The standard InChI is InChI=1S/C25H29FN2/c1-16-3-4-21(13-24(16)26)19-7-5-18(6-8-19)17(2)25-23(20-9-10-20)12-11-22-14-27-15-28(22)25/h3-4,11-15,17-20H,5-10H2,1-2H3/t17-,18?,19?/m0/s1. The summed E-state index contributed by atoms with van der Waals surface area (Å²) >= 11 is 0. The molecule has 2 aliphatic carbocycles. The van der Waals surface area contributed by atoms with Crippen molar-refractivity contribution in [2.24, 2.45) is 5.92 Å². The number of halogens is 1. The van der Waals surface area contributed by atoms with Crippen molar-refractivity contribution in [2.75, 3.05) is 0 Å². The van der Waals surface area contributed by atoms with Gasteiger partial charge in [0.2, 0.25) is 0 Å². The molecule has 0 saturated heterocycles. The lowest BCUT2D eigenvalue weighted by Gasteiger charge is -2.34. The second-order valence-electron chi connectivity index (χ2n) is 9.05. The molecular formula is C25H29FN2. The van der Waals surface area contributed by atoms with Gasteiger partial charge in [0.1, 0.15) is 5.82 Å². The van der Waals surface area contributed by atoms with Crippen LogP contribution in [0.2, 0.25) is 0 Å². The minimum absolute atomic E-state index is 0.0612. The minimum atomic E-state index is -0.0612.